The van der Waals surface area contributed by atoms with Crippen LogP contribution in [0.4, 0.5) is 0 Å². The van der Waals surface area contributed by atoms with Crippen LogP contribution in [0.2, 0.25) is 24.7 Å². The summed E-state index contributed by atoms with van der Waals surface area (Å²) in [7, 11) is -1.44. The van der Waals surface area contributed by atoms with E-state index in [0.717, 1.165) is 19.4 Å². The Hall–Kier alpha value is -0.943. The van der Waals surface area contributed by atoms with E-state index in [1.54, 1.807) is 5.57 Å². The van der Waals surface area contributed by atoms with Gasteiger partial charge in [0.25, 0.3) is 0 Å². The Morgan fingerprint density at radius 3 is 2.68 bits per heavy atom. The maximum atomic E-state index is 6.39. The second-order valence-electron chi connectivity index (χ2n) is 8.44. The number of hydrogen-bond donors (Lipinski definition) is 1. The smallest absolute Gasteiger partial charge is 0.147 e. The molecule has 3 nitrogen and oxygen atoms in total. The third kappa shape index (κ3) is 3.63. The van der Waals surface area contributed by atoms with Crippen LogP contribution in [-0.2, 0) is 16.1 Å². The molecule has 4 heteroatoms. The van der Waals surface area contributed by atoms with Gasteiger partial charge in [0.05, 0.1) is 20.8 Å². The zero-order chi connectivity index (χ0) is 17.9. The summed E-state index contributed by atoms with van der Waals surface area (Å²) in [6.07, 6.45) is 6.13. The van der Waals surface area contributed by atoms with Crippen LogP contribution in [-0.4, -0.2) is 33.6 Å². The molecule has 0 radical (unpaired) electrons. The standard InChI is InChI=1S/C21H33NO2Si/c1-5-18-11-12-19(21(25(2,3)4)13-14-22-20(18)21)24-16-23-15-17-9-7-6-8-10-17/h5-10,19-20,22H,11-16H2,1-4H3/b18-5+/t19-,20-,21-/m1/s1. The van der Waals surface area contributed by atoms with Crippen LogP contribution in [0.3, 0.4) is 0 Å². The van der Waals surface area contributed by atoms with E-state index in [-0.39, 0.29) is 5.04 Å². The second-order valence-corrected chi connectivity index (χ2v) is 13.9. The van der Waals surface area contributed by atoms with E-state index in [4.69, 9.17) is 9.47 Å². The molecule has 1 aromatic rings. The molecule has 2 aliphatic rings. The quantitative estimate of drug-likeness (QED) is 0.345. The summed E-state index contributed by atoms with van der Waals surface area (Å²) in [6, 6.07) is 10.8. The molecule has 0 bridgehead atoms. The molecule has 1 aromatic carbocycles. The maximum Gasteiger partial charge on any atom is 0.147 e. The average Bonchev–Trinajstić information content (AvgIpc) is 3.06. The summed E-state index contributed by atoms with van der Waals surface area (Å²) in [5.41, 5.74) is 2.79. The first-order valence-corrected chi connectivity index (χ1v) is 13.1. The van der Waals surface area contributed by atoms with Crippen molar-refractivity contribution in [3.63, 3.8) is 0 Å². The van der Waals surface area contributed by atoms with Crippen LogP contribution in [0.15, 0.2) is 42.0 Å². The van der Waals surface area contributed by atoms with Crippen molar-refractivity contribution in [2.45, 2.75) is 69.6 Å². The third-order valence-corrected chi connectivity index (χ3v) is 9.93. The molecule has 0 spiro atoms. The number of nitrogens with one attached hydrogen (secondary N) is 1. The van der Waals surface area contributed by atoms with E-state index in [9.17, 15) is 0 Å². The molecule has 1 saturated carbocycles. The predicted molar refractivity (Wildman–Crippen MR) is 106 cm³/mol. The van der Waals surface area contributed by atoms with Gasteiger partial charge in [0.2, 0.25) is 0 Å². The van der Waals surface area contributed by atoms with Crippen LogP contribution in [0.5, 0.6) is 0 Å². The van der Waals surface area contributed by atoms with Gasteiger partial charge in [-0.15, -0.1) is 0 Å². The third-order valence-electron chi connectivity index (χ3n) is 6.27. The molecule has 3 rings (SSSR count). The fourth-order valence-electron chi connectivity index (χ4n) is 4.96. The van der Waals surface area contributed by atoms with E-state index in [1.807, 2.05) is 18.2 Å². The first kappa shape index (κ1) is 18.8. The molecular weight excluding hydrogens is 326 g/mol. The minimum atomic E-state index is -1.44. The minimum absolute atomic E-state index is 0.281. The molecule has 1 N–H and O–H groups in total. The summed E-state index contributed by atoms with van der Waals surface area (Å²) in [5, 5.41) is 4.08. The lowest BCUT2D eigenvalue weighted by atomic mass is 9.78. The van der Waals surface area contributed by atoms with Crippen molar-refractivity contribution < 1.29 is 9.47 Å². The van der Waals surface area contributed by atoms with Crippen LogP contribution in [0.1, 0.15) is 31.7 Å². The monoisotopic (exact) mass is 359 g/mol. The van der Waals surface area contributed by atoms with Crippen molar-refractivity contribution >= 4 is 8.07 Å². The van der Waals surface area contributed by atoms with Crippen LogP contribution in [0.25, 0.3) is 0 Å². The lowest BCUT2D eigenvalue weighted by Crippen LogP contribution is -2.57. The van der Waals surface area contributed by atoms with E-state index < -0.39 is 8.07 Å². The predicted octanol–water partition coefficient (Wildman–Crippen LogP) is 4.73. The lowest BCUT2D eigenvalue weighted by molar-refractivity contribution is -0.116. The van der Waals surface area contributed by atoms with Gasteiger partial charge in [0.1, 0.15) is 6.79 Å². The van der Waals surface area contributed by atoms with Gasteiger partial charge < -0.3 is 14.8 Å². The number of benzene rings is 1. The summed E-state index contributed by atoms with van der Waals surface area (Å²) >= 11 is 0. The summed E-state index contributed by atoms with van der Waals surface area (Å²) in [6.45, 7) is 11.8. The van der Waals surface area contributed by atoms with E-state index in [2.05, 4.69) is 50.1 Å². The molecule has 0 amide bonds. The molecule has 1 aliphatic heterocycles. The Kier molecular flexibility index (Phi) is 5.84. The highest BCUT2D eigenvalue weighted by molar-refractivity contribution is 6.79. The van der Waals surface area contributed by atoms with E-state index in [0.29, 0.717) is 25.5 Å². The topological polar surface area (TPSA) is 30.5 Å². The number of ether oxygens (including phenoxy) is 2. The van der Waals surface area contributed by atoms with Crippen molar-refractivity contribution in [1.82, 2.24) is 5.32 Å². The van der Waals surface area contributed by atoms with Crippen LogP contribution < -0.4 is 5.32 Å². The molecule has 25 heavy (non-hydrogen) atoms. The SMILES string of the molecule is C/C=C1\CC[C@@H](OCOCc2ccccc2)[C@]2([Si](C)(C)C)CCN[C@H]12. The fraction of sp³-hybridized carbons (Fsp3) is 0.619. The molecule has 1 heterocycles. The number of allylic oxidation sites excluding steroid dienone is 1. The Morgan fingerprint density at radius 2 is 2.00 bits per heavy atom. The van der Waals surface area contributed by atoms with Crippen molar-refractivity contribution in [3.05, 3.63) is 47.5 Å². The summed E-state index contributed by atoms with van der Waals surface area (Å²) in [5.74, 6) is 0. The first-order chi connectivity index (χ1) is 12.0. The van der Waals surface area contributed by atoms with Crippen molar-refractivity contribution in [3.8, 4) is 0 Å². The van der Waals surface area contributed by atoms with Gasteiger partial charge in [-0.2, -0.15) is 0 Å². The van der Waals surface area contributed by atoms with Gasteiger partial charge in [0, 0.05) is 11.1 Å². The van der Waals surface area contributed by atoms with E-state index in [1.165, 1.54) is 12.0 Å². The van der Waals surface area contributed by atoms with Gasteiger partial charge >= 0.3 is 0 Å². The number of fused-ring (bicyclic) bond motifs is 1. The summed E-state index contributed by atoms with van der Waals surface area (Å²) in [4.78, 5) is 0. The second kappa shape index (κ2) is 7.75. The van der Waals surface area contributed by atoms with E-state index >= 15 is 0 Å². The Morgan fingerprint density at radius 1 is 1.24 bits per heavy atom. The molecule has 2 fully saturated rings. The zero-order valence-corrected chi connectivity index (χ0v) is 17.2. The van der Waals surface area contributed by atoms with Gasteiger partial charge in [-0.05, 0) is 38.3 Å². The van der Waals surface area contributed by atoms with Crippen LogP contribution in [0, 0.1) is 0 Å². The Labute approximate surface area is 153 Å². The van der Waals surface area contributed by atoms with Gasteiger partial charge in [0.15, 0.2) is 0 Å². The normalized spacial score (nSPS) is 31.3. The first-order valence-electron chi connectivity index (χ1n) is 9.61. The lowest BCUT2D eigenvalue weighted by Gasteiger charge is -2.53. The number of hydrogen-bond acceptors (Lipinski definition) is 3. The average molecular weight is 360 g/mol. The van der Waals surface area contributed by atoms with Gasteiger partial charge in [-0.25, -0.2) is 0 Å². The largest absolute Gasteiger partial charge is 0.352 e. The number of rotatable bonds is 6. The molecule has 0 unspecified atom stereocenters. The Balaban J connectivity index is 1.67. The molecule has 1 aliphatic carbocycles. The molecular formula is C21H33NO2Si. The molecule has 0 aromatic heterocycles. The molecule has 1 saturated heterocycles. The summed E-state index contributed by atoms with van der Waals surface area (Å²) < 4.78 is 12.2. The highest BCUT2D eigenvalue weighted by Crippen LogP contribution is 2.58. The van der Waals surface area contributed by atoms with Crippen molar-refractivity contribution in [1.29, 1.82) is 0 Å². The highest BCUT2D eigenvalue weighted by atomic mass is 28.3. The Bertz CT molecular complexity index is 596. The van der Waals surface area contributed by atoms with Gasteiger partial charge in [-0.1, -0.05) is 61.6 Å². The van der Waals surface area contributed by atoms with Crippen molar-refractivity contribution in [2.75, 3.05) is 13.3 Å². The highest BCUT2D eigenvalue weighted by Gasteiger charge is 2.59. The minimum Gasteiger partial charge on any atom is -0.352 e. The molecule has 138 valence electrons. The molecule has 3 atom stereocenters. The fourth-order valence-corrected chi connectivity index (χ4v) is 8.18. The zero-order valence-electron chi connectivity index (χ0n) is 16.2. The maximum absolute atomic E-state index is 6.39. The van der Waals surface area contributed by atoms with Gasteiger partial charge in [-0.3, -0.25) is 0 Å². The van der Waals surface area contributed by atoms with Crippen molar-refractivity contribution in [2.24, 2.45) is 0 Å². The van der Waals surface area contributed by atoms with Crippen LogP contribution >= 0.6 is 0 Å².